The zero-order chi connectivity index (χ0) is 18.0. The molecule has 4 N–H and O–H groups in total. The van der Waals surface area contributed by atoms with E-state index in [-0.39, 0.29) is 30.2 Å². The molecule has 1 saturated heterocycles. The highest BCUT2D eigenvalue weighted by atomic mass is 16.2. The third kappa shape index (κ3) is 3.88. The van der Waals surface area contributed by atoms with Crippen molar-refractivity contribution in [1.82, 2.24) is 15.5 Å². The summed E-state index contributed by atoms with van der Waals surface area (Å²) in [5.41, 5.74) is 8.40. The van der Waals surface area contributed by atoms with Crippen LogP contribution in [0.5, 0.6) is 0 Å². The van der Waals surface area contributed by atoms with Crippen LogP contribution in [-0.4, -0.2) is 41.2 Å². The standard InChI is InChI=1S/C18H24N4O3/c1-11(19)6-7-20-9-12-2-3-14-13(8-12)10-22(18(14)25)15-4-5-16(23)21-17(15)24/h2-3,8,11,15,20H,4-7,9-10,19H2,1H3,(H,21,23,24)/t11-,15?/m0/s1. The minimum atomic E-state index is -0.565. The van der Waals surface area contributed by atoms with Gasteiger partial charge >= 0.3 is 0 Å². The van der Waals surface area contributed by atoms with Gasteiger partial charge in [0, 0.05) is 31.1 Å². The Morgan fingerprint density at radius 3 is 2.88 bits per heavy atom. The molecule has 2 heterocycles. The molecule has 25 heavy (non-hydrogen) atoms. The third-order valence-electron chi connectivity index (χ3n) is 4.69. The molecular weight excluding hydrogens is 320 g/mol. The van der Waals surface area contributed by atoms with Crippen molar-refractivity contribution in [3.8, 4) is 0 Å². The molecule has 0 bridgehead atoms. The Morgan fingerprint density at radius 2 is 2.16 bits per heavy atom. The fourth-order valence-corrected chi connectivity index (χ4v) is 3.30. The van der Waals surface area contributed by atoms with Crippen LogP contribution in [0.3, 0.4) is 0 Å². The van der Waals surface area contributed by atoms with Gasteiger partial charge in [0.2, 0.25) is 11.8 Å². The highest BCUT2D eigenvalue weighted by molar-refractivity contribution is 6.05. The number of nitrogens with one attached hydrogen (secondary N) is 2. The van der Waals surface area contributed by atoms with Gasteiger partial charge in [0.05, 0.1) is 0 Å². The summed E-state index contributed by atoms with van der Waals surface area (Å²) in [6, 6.07) is 5.38. The first-order valence-corrected chi connectivity index (χ1v) is 8.68. The van der Waals surface area contributed by atoms with Crippen LogP contribution in [0.2, 0.25) is 0 Å². The van der Waals surface area contributed by atoms with Crippen molar-refractivity contribution in [2.24, 2.45) is 5.73 Å². The molecule has 3 rings (SSSR count). The predicted octanol–water partition coefficient (Wildman–Crippen LogP) is 0.275. The maximum absolute atomic E-state index is 12.6. The SMILES string of the molecule is C[C@H](N)CCNCc1ccc2c(c1)CN(C1CCC(=O)NC1=O)C2=O. The van der Waals surface area contributed by atoms with Gasteiger partial charge in [-0.3, -0.25) is 19.7 Å². The topological polar surface area (TPSA) is 105 Å². The fourth-order valence-electron chi connectivity index (χ4n) is 3.30. The van der Waals surface area contributed by atoms with Gasteiger partial charge in [-0.1, -0.05) is 12.1 Å². The van der Waals surface area contributed by atoms with Gasteiger partial charge in [0.1, 0.15) is 6.04 Å². The van der Waals surface area contributed by atoms with Crippen LogP contribution in [0.1, 0.15) is 47.7 Å². The van der Waals surface area contributed by atoms with Crippen molar-refractivity contribution >= 4 is 17.7 Å². The second-order valence-electron chi connectivity index (χ2n) is 6.83. The lowest BCUT2D eigenvalue weighted by molar-refractivity contribution is -0.136. The molecule has 7 nitrogen and oxygen atoms in total. The summed E-state index contributed by atoms with van der Waals surface area (Å²) < 4.78 is 0. The van der Waals surface area contributed by atoms with E-state index in [0.717, 1.165) is 24.1 Å². The first-order valence-electron chi connectivity index (χ1n) is 8.68. The first kappa shape index (κ1) is 17.6. The normalized spacial score (nSPS) is 21.3. The number of fused-ring (bicyclic) bond motifs is 1. The Balaban J connectivity index is 1.65. The molecule has 2 atom stereocenters. The van der Waals surface area contributed by atoms with E-state index in [1.165, 1.54) is 0 Å². The summed E-state index contributed by atoms with van der Waals surface area (Å²) in [7, 11) is 0. The minimum Gasteiger partial charge on any atom is -0.328 e. The van der Waals surface area contributed by atoms with Crippen molar-refractivity contribution < 1.29 is 14.4 Å². The Kier molecular flexibility index (Phi) is 5.15. The lowest BCUT2D eigenvalue weighted by atomic mass is 10.0. The predicted molar refractivity (Wildman–Crippen MR) is 92.5 cm³/mol. The molecule has 1 fully saturated rings. The number of nitrogens with zero attached hydrogens (tertiary/aromatic N) is 1. The van der Waals surface area contributed by atoms with Crippen LogP contribution < -0.4 is 16.4 Å². The molecule has 0 spiro atoms. The molecule has 0 aliphatic carbocycles. The average Bonchev–Trinajstić information content (AvgIpc) is 2.88. The molecular formula is C18H24N4O3. The molecule has 7 heteroatoms. The molecule has 2 aliphatic heterocycles. The van der Waals surface area contributed by atoms with Gasteiger partial charge in [0.25, 0.3) is 5.91 Å². The maximum Gasteiger partial charge on any atom is 0.255 e. The van der Waals surface area contributed by atoms with E-state index in [0.29, 0.717) is 25.1 Å². The third-order valence-corrected chi connectivity index (χ3v) is 4.69. The first-order chi connectivity index (χ1) is 12.0. The second-order valence-corrected chi connectivity index (χ2v) is 6.83. The van der Waals surface area contributed by atoms with E-state index in [9.17, 15) is 14.4 Å². The fraction of sp³-hybridized carbons (Fsp3) is 0.500. The smallest absolute Gasteiger partial charge is 0.255 e. The van der Waals surface area contributed by atoms with Crippen molar-refractivity contribution in [1.29, 1.82) is 0 Å². The van der Waals surface area contributed by atoms with E-state index in [1.807, 2.05) is 25.1 Å². The number of hydrogen-bond acceptors (Lipinski definition) is 5. The van der Waals surface area contributed by atoms with Crippen LogP contribution in [0.25, 0.3) is 0 Å². The molecule has 1 aromatic carbocycles. The quantitative estimate of drug-likeness (QED) is 0.508. The maximum atomic E-state index is 12.6. The summed E-state index contributed by atoms with van der Waals surface area (Å²) in [5.74, 6) is -0.790. The number of imide groups is 1. The summed E-state index contributed by atoms with van der Waals surface area (Å²) in [4.78, 5) is 37.5. The number of carbonyl (C=O) groups excluding carboxylic acids is 3. The summed E-state index contributed by atoms with van der Waals surface area (Å²) in [5, 5.41) is 5.66. The molecule has 1 aromatic rings. The number of benzene rings is 1. The van der Waals surface area contributed by atoms with Crippen LogP contribution in [0.4, 0.5) is 0 Å². The Bertz CT molecular complexity index is 702. The van der Waals surface area contributed by atoms with Crippen molar-refractivity contribution in [2.75, 3.05) is 6.54 Å². The monoisotopic (exact) mass is 344 g/mol. The summed E-state index contributed by atoms with van der Waals surface area (Å²) in [6.45, 7) is 3.95. The van der Waals surface area contributed by atoms with Crippen LogP contribution >= 0.6 is 0 Å². The van der Waals surface area contributed by atoms with E-state index in [4.69, 9.17) is 5.73 Å². The van der Waals surface area contributed by atoms with Gasteiger partial charge in [-0.05, 0) is 43.5 Å². The number of carbonyl (C=O) groups is 3. The highest BCUT2D eigenvalue weighted by Crippen LogP contribution is 2.28. The van der Waals surface area contributed by atoms with Gasteiger partial charge in [-0.2, -0.15) is 0 Å². The van der Waals surface area contributed by atoms with Gasteiger partial charge in [0.15, 0.2) is 0 Å². The zero-order valence-corrected chi connectivity index (χ0v) is 14.4. The molecule has 0 radical (unpaired) electrons. The molecule has 3 amide bonds. The van der Waals surface area contributed by atoms with Gasteiger partial charge < -0.3 is 16.0 Å². The van der Waals surface area contributed by atoms with Crippen LogP contribution in [0, 0.1) is 0 Å². The van der Waals surface area contributed by atoms with Gasteiger partial charge in [-0.15, -0.1) is 0 Å². The minimum absolute atomic E-state index is 0.138. The van der Waals surface area contributed by atoms with Crippen molar-refractivity contribution in [3.63, 3.8) is 0 Å². The van der Waals surface area contributed by atoms with E-state index in [1.54, 1.807) is 4.90 Å². The molecule has 0 saturated carbocycles. The van der Waals surface area contributed by atoms with Crippen LogP contribution in [-0.2, 0) is 22.7 Å². The number of piperidine rings is 1. The average molecular weight is 344 g/mol. The lowest BCUT2D eigenvalue weighted by Gasteiger charge is -2.29. The Hall–Kier alpha value is -2.25. The van der Waals surface area contributed by atoms with Crippen molar-refractivity contribution in [3.05, 3.63) is 34.9 Å². The Morgan fingerprint density at radius 1 is 1.36 bits per heavy atom. The molecule has 2 aliphatic rings. The summed E-state index contributed by atoms with van der Waals surface area (Å²) in [6.07, 6.45) is 1.56. The Labute approximate surface area is 146 Å². The van der Waals surface area contributed by atoms with E-state index in [2.05, 4.69) is 10.6 Å². The highest BCUT2D eigenvalue weighted by Gasteiger charge is 2.38. The molecule has 0 aromatic heterocycles. The zero-order valence-electron chi connectivity index (χ0n) is 14.4. The van der Waals surface area contributed by atoms with Crippen molar-refractivity contribution in [2.45, 2.75) is 51.4 Å². The number of amides is 3. The lowest BCUT2D eigenvalue weighted by Crippen LogP contribution is -2.52. The van der Waals surface area contributed by atoms with Crippen LogP contribution in [0.15, 0.2) is 18.2 Å². The largest absolute Gasteiger partial charge is 0.328 e. The van der Waals surface area contributed by atoms with E-state index < -0.39 is 6.04 Å². The van der Waals surface area contributed by atoms with E-state index >= 15 is 0 Å². The molecule has 134 valence electrons. The number of rotatable bonds is 6. The number of nitrogens with two attached hydrogens (primary N) is 1. The second kappa shape index (κ2) is 7.33. The number of hydrogen-bond donors (Lipinski definition) is 3. The molecule has 1 unspecified atom stereocenters. The van der Waals surface area contributed by atoms with Gasteiger partial charge in [-0.25, -0.2) is 0 Å². The summed E-state index contributed by atoms with van der Waals surface area (Å²) >= 11 is 0.